The molecule has 2 aromatic heterocycles. The highest BCUT2D eigenvalue weighted by Gasteiger charge is 2.44. The van der Waals surface area contributed by atoms with Crippen LogP contribution in [0, 0.1) is 17.6 Å². The van der Waals surface area contributed by atoms with Gasteiger partial charge in [0.05, 0.1) is 22.7 Å². The molecule has 6 N–H and O–H groups in total. The number of aromatic nitrogens is 4. The number of hydrogen-bond donors (Lipinski definition) is 4. The van der Waals surface area contributed by atoms with Crippen LogP contribution >= 0.6 is 0 Å². The second-order valence-electron chi connectivity index (χ2n) is 20.3. The number of anilines is 2. The van der Waals surface area contributed by atoms with Crippen molar-refractivity contribution in [3.05, 3.63) is 131 Å². The molecule has 0 amide bonds. The van der Waals surface area contributed by atoms with Gasteiger partial charge < -0.3 is 41.0 Å². The third-order valence-corrected chi connectivity index (χ3v) is 15.2. The molecule has 69 heavy (non-hydrogen) atoms. The van der Waals surface area contributed by atoms with Gasteiger partial charge in [-0.05, 0) is 151 Å². The molecule has 0 saturated heterocycles. The smallest absolute Gasteiger partial charge is 0.367 e. The van der Waals surface area contributed by atoms with Crippen LogP contribution in [0.1, 0.15) is 108 Å². The Balaban J connectivity index is 0.914. The number of halogens is 5. The van der Waals surface area contributed by atoms with Gasteiger partial charge in [-0.25, -0.2) is 18.7 Å². The van der Waals surface area contributed by atoms with Crippen molar-refractivity contribution in [1.29, 1.82) is 0 Å². The number of imidazole rings is 2. The molecule has 2 aliphatic heterocycles. The number of fused-ring (bicyclic) bond motifs is 2. The molecule has 4 heterocycles. The van der Waals surface area contributed by atoms with Crippen LogP contribution in [-0.2, 0) is 24.2 Å². The first-order valence-corrected chi connectivity index (χ1v) is 24.5. The van der Waals surface area contributed by atoms with E-state index in [0.29, 0.717) is 44.1 Å². The summed E-state index contributed by atoms with van der Waals surface area (Å²) in [6.07, 6.45) is 2.74. The maximum absolute atomic E-state index is 14.1. The van der Waals surface area contributed by atoms with Crippen LogP contribution in [0.5, 0.6) is 0 Å². The molecule has 2 saturated carbocycles. The summed E-state index contributed by atoms with van der Waals surface area (Å²) in [5.41, 5.74) is 22.1. The number of rotatable bonds is 12. The molecule has 10 nitrogen and oxygen atoms in total. The predicted molar refractivity (Wildman–Crippen MR) is 264 cm³/mol. The molecule has 0 spiro atoms. The molecule has 0 unspecified atom stereocenters. The first-order chi connectivity index (χ1) is 33.0. The number of nitrogens with two attached hydrogens (primary N) is 2. The average molecular weight is 949 g/mol. The van der Waals surface area contributed by atoms with Crippen molar-refractivity contribution in [2.45, 2.75) is 127 Å². The lowest BCUT2D eigenvalue weighted by atomic mass is 9.81. The standard InChI is InChI=1S/C54H65F5N10/c1-34(32-60)68-29-27-66-48(46(64-50(66)52(68,2)3)37-10-18-41(55)19-11-37)62-43-22-14-36(15-23-43)39-8-6-7-35(31-39)9-26-45(33-61)69-30-28-67-49(63-44-24-16-40(17-25-44)54(57,58)59)47(65-51(67)53(69,4)5)38-12-20-42(56)21-13-38/h6-13,18-21,31,36,40,43-44,62-63H,1,14-17,22-25,27-30,32-33,60-61H2,2-5H3. The normalized spacial score (nSPS) is 22.0. The van der Waals surface area contributed by atoms with Gasteiger partial charge in [0.2, 0.25) is 0 Å². The Morgan fingerprint density at radius 2 is 1.19 bits per heavy atom. The Kier molecular flexibility index (Phi) is 13.3. The molecule has 2 aliphatic carbocycles. The molecule has 0 atom stereocenters. The largest absolute Gasteiger partial charge is 0.391 e. The van der Waals surface area contributed by atoms with Crippen LogP contribution in [0.15, 0.2) is 96.5 Å². The van der Waals surface area contributed by atoms with E-state index in [2.05, 4.69) is 93.8 Å². The Morgan fingerprint density at radius 1 is 0.696 bits per heavy atom. The van der Waals surface area contributed by atoms with Gasteiger partial charge in [-0.2, -0.15) is 13.2 Å². The zero-order valence-electron chi connectivity index (χ0n) is 40.1. The van der Waals surface area contributed by atoms with Gasteiger partial charge in [0.25, 0.3) is 0 Å². The van der Waals surface area contributed by atoms with Crippen molar-refractivity contribution in [2.24, 2.45) is 17.4 Å². The van der Waals surface area contributed by atoms with Crippen LogP contribution in [0.4, 0.5) is 33.6 Å². The Bertz CT molecular complexity index is 2710. The molecule has 4 aliphatic rings. The van der Waals surface area contributed by atoms with Crippen molar-refractivity contribution in [2.75, 3.05) is 36.8 Å². The third-order valence-electron chi connectivity index (χ3n) is 15.2. The zero-order valence-corrected chi connectivity index (χ0v) is 40.1. The predicted octanol–water partition coefficient (Wildman–Crippen LogP) is 11.1. The second-order valence-corrected chi connectivity index (χ2v) is 20.3. The van der Waals surface area contributed by atoms with E-state index in [0.717, 1.165) is 95.8 Å². The van der Waals surface area contributed by atoms with E-state index >= 15 is 0 Å². The van der Waals surface area contributed by atoms with Crippen molar-refractivity contribution in [3.63, 3.8) is 0 Å². The maximum atomic E-state index is 14.1. The molecule has 366 valence electrons. The highest BCUT2D eigenvalue weighted by atomic mass is 19.4. The zero-order chi connectivity index (χ0) is 48.8. The van der Waals surface area contributed by atoms with Gasteiger partial charge in [-0.15, -0.1) is 0 Å². The van der Waals surface area contributed by atoms with E-state index in [1.54, 1.807) is 24.3 Å². The van der Waals surface area contributed by atoms with Crippen LogP contribution in [0.2, 0.25) is 0 Å². The van der Waals surface area contributed by atoms with E-state index in [4.69, 9.17) is 21.4 Å². The number of hydrogen-bond acceptors (Lipinski definition) is 8. The van der Waals surface area contributed by atoms with E-state index in [1.165, 1.54) is 29.8 Å². The van der Waals surface area contributed by atoms with Crippen molar-refractivity contribution in [1.82, 2.24) is 28.9 Å². The van der Waals surface area contributed by atoms with Gasteiger partial charge in [0.1, 0.15) is 46.3 Å². The summed E-state index contributed by atoms with van der Waals surface area (Å²) in [5.74, 6) is 1.88. The molecule has 5 aromatic rings. The Morgan fingerprint density at radius 3 is 1.68 bits per heavy atom. The van der Waals surface area contributed by atoms with E-state index in [9.17, 15) is 22.0 Å². The minimum absolute atomic E-state index is 0.0778. The highest BCUT2D eigenvalue weighted by Crippen LogP contribution is 2.44. The van der Waals surface area contributed by atoms with Gasteiger partial charge in [-0.3, -0.25) is 0 Å². The minimum atomic E-state index is -4.19. The van der Waals surface area contributed by atoms with E-state index in [-0.39, 0.29) is 43.1 Å². The molecule has 2 fully saturated rings. The minimum Gasteiger partial charge on any atom is -0.367 e. The van der Waals surface area contributed by atoms with Gasteiger partial charge in [0.15, 0.2) is 0 Å². The van der Waals surface area contributed by atoms with Crippen LogP contribution in [0.25, 0.3) is 28.6 Å². The average Bonchev–Trinajstić information content (AvgIpc) is 3.90. The monoisotopic (exact) mass is 949 g/mol. The second kappa shape index (κ2) is 19.1. The fourth-order valence-electron chi connectivity index (χ4n) is 11.4. The summed E-state index contributed by atoms with van der Waals surface area (Å²) in [6.45, 7) is 16.0. The van der Waals surface area contributed by atoms with Crippen molar-refractivity contribution < 1.29 is 22.0 Å². The fraction of sp³-hybridized carbons (Fsp3) is 0.463. The molecule has 0 bridgehead atoms. The lowest BCUT2D eigenvalue weighted by molar-refractivity contribution is -0.182. The number of nitrogens with zero attached hydrogens (tertiary/aromatic N) is 6. The molecular weight excluding hydrogens is 884 g/mol. The Labute approximate surface area is 402 Å². The van der Waals surface area contributed by atoms with E-state index < -0.39 is 23.2 Å². The number of nitrogens with one attached hydrogen (secondary N) is 2. The molecule has 0 radical (unpaired) electrons. The number of alkyl halides is 3. The maximum Gasteiger partial charge on any atom is 0.391 e. The van der Waals surface area contributed by atoms with Crippen molar-refractivity contribution >= 4 is 17.7 Å². The van der Waals surface area contributed by atoms with Crippen LogP contribution in [-0.4, -0.2) is 73.3 Å². The van der Waals surface area contributed by atoms with Crippen LogP contribution < -0.4 is 22.1 Å². The summed E-state index contributed by atoms with van der Waals surface area (Å²) in [5, 5.41) is 7.52. The molecule has 3 aromatic carbocycles. The molecule has 9 rings (SSSR count). The van der Waals surface area contributed by atoms with Crippen molar-refractivity contribution in [3.8, 4) is 22.5 Å². The first-order valence-electron chi connectivity index (χ1n) is 24.5. The summed E-state index contributed by atoms with van der Waals surface area (Å²) in [6, 6.07) is 21.5. The fourth-order valence-corrected chi connectivity index (χ4v) is 11.4. The Hall–Kier alpha value is -5.89. The summed E-state index contributed by atoms with van der Waals surface area (Å²) in [7, 11) is 0. The summed E-state index contributed by atoms with van der Waals surface area (Å²) < 4.78 is 73.3. The van der Waals surface area contributed by atoms with Gasteiger partial charge in [-0.1, -0.05) is 36.6 Å². The molecule has 15 heteroatoms. The van der Waals surface area contributed by atoms with Gasteiger partial charge in [0, 0.05) is 68.2 Å². The first kappa shape index (κ1) is 48.1. The molecular formula is C54H65F5N10. The summed E-state index contributed by atoms with van der Waals surface area (Å²) >= 11 is 0. The summed E-state index contributed by atoms with van der Waals surface area (Å²) in [4.78, 5) is 14.9. The van der Waals surface area contributed by atoms with Gasteiger partial charge >= 0.3 is 6.18 Å². The lowest BCUT2D eigenvalue weighted by Crippen LogP contribution is -2.49. The van der Waals surface area contributed by atoms with E-state index in [1.807, 2.05) is 6.08 Å². The topological polar surface area (TPSA) is 118 Å². The van der Waals surface area contributed by atoms with Crippen LogP contribution in [0.3, 0.4) is 0 Å². The SMILES string of the molecule is C=C(CN)N1CCn2c(nc(-c3ccc(F)cc3)c2NC2CCC(c3cccc(C=C=C(CN)N4CCn5c(nc(-c6ccc(F)cc6)c5NC5CCC(C(F)(F)F)CC5)C4(C)C)c3)CC2)C1(C)C. The number of benzene rings is 3. The highest BCUT2D eigenvalue weighted by molar-refractivity contribution is 5.74. The third kappa shape index (κ3) is 9.57. The lowest BCUT2D eigenvalue weighted by Gasteiger charge is -2.45. The quantitative estimate of drug-likeness (QED) is 0.0722.